The van der Waals surface area contributed by atoms with Gasteiger partial charge in [-0.25, -0.2) is 0 Å². The summed E-state index contributed by atoms with van der Waals surface area (Å²) in [6.45, 7) is 6.02. The maximum atomic E-state index is 13.7. The summed E-state index contributed by atoms with van der Waals surface area (Å²) in [5.74, 6) is -0.337. The molecule has 0 saturated carbocycles. The number of halogens is 2. The molecule has 0 bridgehead atoms. The van der Waals surface area contributed by atoms with Gasteiger partial charge in [-0.3, -0.25) is 9.59 Å². The molecule has 0 aliphatic carbocycles. The lowest BCUT2D eigenvalue weighted by atomic mass is 10.0. The molecular formula is C28H30Cl2N2O2. The second kappa shape index (κ2) is 12.0. The van der Waals surface area contributed by atoms with E-state index < -0.39 is 6.04 Å². The van der Waals surface area contributed by atoms with Crippen molar-refractivity contribution in [2.75, 3.05) is 0 Å². The molecule has 0 saturated heterocycles. The van der Waals surface area contributed by atoms with Gasteiger partial charge in [0.15, 0.2) is 0 Å². The van der Waals surface area contributed by atoms with Crippen molar-refractivity contribution in [1.82, 2.24) is 10.2 Å². The molecule has 1 atom stereocenters. The highest BCUT2D eigenvalue weighted by molar-refractivity contribution is 6.35. The van der Waals surface area contributed by atoms with Crippen LogP contribution in [0.15, 0.2) is 72.8 Å². The molecule has 0 aliphatic rings. The zero-order valence-electron chi connectivity index (χ0n) is 19.7. The van der Waals surface area contributed by atoms with Crippen molar-refractivity contribution in [2.24, 2.45) is 0 Å². The van der Waals surface area contributed by atoms with Crippen molar-refractivity contribution in [2.45, 2.75) is 52.2 Å². The van der Waals surface area contributed by atoms with E-state index in [0.29, 0.717) is 16.5 Å². The summed E-state index contributed by atoms with van der Waals surface area (Å²) in [4.78, 5) is 28.7. The van der Waals surface area contributed by atoms with Gasteiger partial charge in [0.05, 0.1) is 6.42 Å². The normalized spacial score (nSPS) is 11.8. The summed E-state index contributed by atoms with van der Waals surface area (Å²) in [7, 11) is 0. The van der Waals surface area contributed by atoms with Crippen LogP contribution < -0.4 is 5.32 Å². The molecule has 0 spiro atoms. The SMILES string of the molecule is Cc1ccc(CC(=O)N(Cc2ccc(Cl)cc2Cl)C(Cc2ccccc2)C(=O)NC(C)C)cc1. The number of nitrogens with one attached hydrogen (secondary N) is 1. The van der Waals surface area contributed by atoms with Crippen LogP contribution in [0, 0.1) is 6.92 Å². The van der Waals surface area contributed by atoms with E-state index in [2.05, 4.69) is 5.32 Å². The van der Waals surface area contributed by atoms with Crippen LogP contribution in [-0.2, 0) is 29.0 Å². The number of hydrogen-bond acceptors (Lipinski definition) is 2. The molecule has 6 heteroatoms. The average Bonchev–Trinajstić information content (AvgIpc) is 2.79. The Morgan fingerprint density at radius 3 is 2.21 bits per heavy atom. The van der Waals surface area contributed by atoms with Gasteiger partial charge >= 0.3 is 0 Å². The minimum Gasteiger partial charge on any atom is -0.352 e. The van der Waals surface area contributed by atoms with E-state index in [9.17, 15) is 9.59 Å². The second-order valence-electron chi connectivity index (χ2n) is 8.79. The molecule has 0 aliphatic heterocycles. The first-order valence-electron chi connectivity index (χ1n) is 11.4. The Morgan fingerprint density at radius 2 is 1.59 bits per heavy atom. The number of carbonyl (C=O) groups is 2. The lowest BCUT2D eigenvalue weighted by Gasteiger charge is -2.32. The number of aryl methyl sites for hydroxylation is 1. The molecule has 178 valence electrons. The number of amides is 2. The van der Waals surface area contributed by atoms with Crippen LogP contribution in [0.1, 0.15) is 36.1 Å². The summed E-state index contributed by atoms with van der Waals surface area (Å²) >= 11 is 12.5. The number of nitrogens with zero attached hydrogens (tertiary/aromatic N) is 1. The van der Waals surface area contributed by atoms with E-state index in [-0.39, 0.29) is 30.8 Å². The molecule has 1 unspecified atom stereocenters. The second-order valence-corrected chi connectivity index (χ2v) is 9.63. The quantitative estimate of drug-likeness (QED) is 0.394. The third kappa shape index (κ3) is 7.34. The zero-order valence-corrected chi connectivity index (χ0v) is 21.2. The molecule has 34 heavy (non-hydrogen) atoms. The maximum absolute atomic E-state index is 13.7. The molecule has 2 amide bonds. The van der Waals surface area contributed by atoms with Crippen molar-refractivity contribution in [3.63, 3.8) is 0 Å². The lowest BCUT2D eigenvalue weighted by molar-refractivity contribution is -0.141. The third-order valence-electron chi connectivity index (χ3n) is 5.53. The number of carbonyl (C=O) groups excluding carboxylic acids is 2. The fraction of sp³-hybridized carbons (Fsp3) is 0.286. The van der Waals surface area contributed by atoms with Gasteiger partial charge in [-0.1, -0.05) is 89.4 Å². The first-order chi connectivity index (χ1) is 16.2. The predicted molar refractivity (Wildman–Crippen MR) is 139 cm³/mol. The summed E-state index contributed by atoms with van der Waals surface area (Å²) in [6.07, 6.45) is 0.579. The van der Waals surface area contributed by atoms with Crippen molar-refractivity contribution in [3.8, 4) is 0 Å². The van der Waals surface area contributed by atoms with Crippen LogP contribution in [0.2, 0.25) is 10.0 Å². The molecule has 4 nitrogen and oxygen atoms in total. The summed E-state index contributed by atoms with van der Waals surface area (Å²) in [5.41, 5.74) is 3.73. The van der Waals surface area contributed by atoms with Crippen LogP contribution >= 0.6 is 23.2 Å². The Morgan fingerprint density at radius 1 is 0.912 bits per heavy atom. The highest BCUT2D eigenvalue weighted by atomic mass is 35.5. The summed E-state index contributed by atoms with van der Waals surface area (Å²) < 4.78 is 0. The van der Waals surface area contributed by atoms with Crippen LogP contribution in [0.5, 0.6) is 0 Å². The molecule has 0 heterocycles. The van der Waals surface area contributed by atoms with E-state index in [0.717, 1.165) is 22.3 Å². The third-order valence-corrected chi connectivity index (χ3v) is 6.12. The van der Waals surface area contributed by atoms with Crippen molar-refractivity contribution < 1.29 is 9.59 Å². The van der Waals surface area contributed by atoms with Gasteiger partial charge in [0.25, 0.3) is 0 Å². The molecule has 3 aromatic carbocycles. The van der Waals surface area contributed by atoms with Crippen LogP contribution in [0.25, 0.3) is 0 Å². The molecule has 0 fully saturated rings. The number of rotatable bonds is 9. The summed E-state index contributed by atoms with van der Waals surface area (Å²) in [5, 5.41) is 3.97. The van der Waals surface area contributed by atoms with E-state index in [1.165, 1.54) is 0 Å². The van der Waals surface area contributed by atoms with Crippen LogP contribution in [0.4, 0.5) is 0 Å². The molecule has 1 N–H and O–H groups in total. The Bertz CT molecular complexity index is 1120. The fourth-order valence-corrected chi connectivity index (χ4v) is 4.22. The maximum Gasteiger partial charge on any atom is 0.243 e. The Hall–Kier alpha value is -2.82. The van der Waals surface area contributed by atoms with E-state index in [1.807, 2.05) is 75.4 Å². The van der Waals surface area contributed by atoms with Crippen molar-refractivity contribution >= 4 is 35.0 Å². The first kappa shape index (κ1) is 25.8. The van der Waals surface area contributed by atoms with E-state index >= 15 is 0 Å². The molecule has 0 radical (unpaired) electrons. The van der Waals surface area contributed by atoms with Gasteiger partial charge in [0, 0.05) is 29.1 Å². The van der Waals surface area contributed by atoms with Gasteiger partial charge in [0.2, 0.25) is 11.8 Å². The van der Waals surface area contributed by atoms with Gasteiger partial charge in [0.1, 0.15) is 6.04 Å². The smallest absolute Gasteiger partial charge is 0.243 e. The van der Waals surface area contributed by atoms with Gasteiger partial charge < -0.3 is 10.2 Å². The zero-order chi connectivity index (χ0) is 24.7. The lowest BCUT2D eigenvalue weighted by Crippen LogP contribution is -2.52. The minimum atomic E-state index is -0.700. The fourth-order valence-electron chi connectivity index (χ4n) is 3.75. The Kier molecular flexibility index (Phi) is 9.14. The average molecular weight is 497 g/mol. The van der Waals surface area contributed by atoms with Crippen molar-refractivity contribution in [1.29, 1.82) is 0 Å². The minimum absolute atomic E-state index is 0.0565. The highest BCUT2D eigenvalue weighted by Gasteiger charge is 2.31. The summed E-state index contributed by atoms with van der Waals surface area (Å²) in [6, 6.07) is 22.0. The van der Waals surface area contributed by atoms with Crippen LogP contribution in [0.3, 0.4) is 0 Å². The monoisotopic (exact) mass is 496 g/mol. The van der Waals surface area contributed by atoms with Gasteiger partial charge in [-0.05, 0) is 49.6 Å². The predicted octanol–water partition coefficient (Wildman–Crippen LogP) is 6.01. The highest BCUT2D eigenvalue weighted by Crippen LogP contribution is 2.24. The Labute approximate surface area is 211 Å². The standard InChI is InChI=1S/C28H30Cl2N2O2/c1-19(2)31-28(34)26(15-21-7-5-4-6-8-21)32(18-23-13-14-24(29)17-25(23)30)27(33)16-22-11-9-20(3)10-12-22/h4-14,17,19,26H,15-16,18H2,1-3H3,(H,31,34). The molecule has 3 rings (SSSR count). The Balaban J connectivity index is 1.99. The van der Waals surface area contributed by atoms with Crippen molar-refractivity contribution in [3.05, 3.63) is 105 Å². The van der Waals surface area contributed by atoms with E-state index in [4.69, 9.17) is 23.2 Å². The molecule has 3 aromatic rings. The number of benzene rings is 3. The van der Waals surface area contributed by atoms with Gasteiger partial charge in [-0.2, -0.15) is 0 Å². The molecular weight excluding hydrogens is 467 g/mol. The largest absolute Gasteiger partial charge is 0.352 e. The topological polar surface area (TPSA) is 49.4 Å². The first-order valence-corrected chi connectivity index (χ1v) is 12.1. The van der Waals surface area contributed by atoms with Crippen LogP contribution in [-0.4, -0.2) is 28.8 Å². The molecule has 0 aromatic heterocycles. The number of hydrogen-bond donors (Lipinski definition) is 1. The van der Waals surface area contributed by atoms with E-state index in [1.54, 1.807) is 23.1 Å². The van der Waals surface area contributed by atoms with Gasteiger partial charge in [-0.15, -0.1) is 0 Å².